The number of nitrogens with one attached hydrogen (secondary N) is 1. The Morgan fingerprint density at radius 2 is 1.95 bits per heavy atom. The van der Waals surface area contributed by atoms with Gasteiger partial charge in [0.1, 0.15) is 6.10 Å². The number of carbonyl (C=O) groups is 1. The van der Waals surface area contributed by atoms with Crippen LogP contribution in [0, 0.1) is 0 Å². The summed E-state index contributed by atoms with van der Waals surface area (Å²) in [6.07, 6.45) is 0.375. The van der Waals surface area contributed by atoms with Gasteiger partial charge >= 0.3 is 0 Å². The van der Waals surface area contributed by atoms with Gasteiger partial charge in [-0.15, -0.1) is 0 Å². The topological polar surface area (TPSA) is 64.3 Å². The molecule has 19 heavy (non-hydrogen) atoms. The fourth-order valence-corrected chi connectivity index (χ4v) is 1.58. The Labute approximate surface area is 115 Å². The van der Waals surface area contributed by atoms with E-state index in [-0.39, 0.29) is 11.5 Å². The molecule has 0 aromatic heterocycles. The zero-order valence-corrected chi connectivity index (χ0v) is 12.2. The average Bonchev–Trinajstić information content (AvgIpc) is 2.39. The van der Waals surface area contributed by atoms with Crippen LogP contribution < -0.4 is 11.1 Å². The molecule has 1 atom stereocenters. The maximum Gasteiger partial charge on any atom is 0.253 e. The quantitative estimate of drug-likeness (QED) is 0.830. The predicted octanol–water partition coefficient (Wildman–Crippen LogP) is 2.68. The van der Waals surface area contributed by atoms with Crippen LogP contribution in [0.4, 0.5) is 5.69 Å². The summed E-state index contributed by atoms with van der Waals surface area (Å²) in [5.41, 5.74) is 7.03. The molecule has 3 N–H and O–H groups in total. The summed E-state index contributed by atoms with van der Waals surface area (Å²) in [5, 5.41) is 2.83. The van der Waals surface area contributed by atoms with Gasteiger partial charge in [-0.2, -0.15) is 0 Å². The smallest absolute Gasteiger partial charge is 0.253 e. The molecule has 1 unspecified atom stereocenters. The number of ether oxygens (including phenoxy) is 1. The fourth-order valence-electron chi connectivity index (χ4n) is 1.58. The van der Waals surface area contributed by atoms with Crippen molar-refractivity contribution < 1.29 is 9.53 Å². The summed E-state index contributed by atoms with van der Waals surface area (Å²) >= 11 is 0. The van der Waals surface area contributed by atoms with Gasteiger partial charge in [0.15, 0.2) is 0 Å². The molecule has 0 saturated heterocycles. The van der Waals surface area contributed by atoms with E-state index in [0.29, 0.717) is 6.54 Å². The van der Waals surface area contributed by atoms with Crippen molar-refractivity contribution in [3.8, 4) is 0 Å². The second-order valence-electron chi connectivity index (χ2n) is 5.26. The highest BCUT2D eigenvalue weighted by Gasteiger charge is 2.23. The number of hydrogen-bond donors (Lipinski definition) is 2. The van der Waals surface area contributed by atoms with Crippen molar-refractivity contribution in [2.75, 3.05) is 5.32 Å². The molecule has 0 aliphatic heterocycles. The van der Waals surface area contributed by atoms with Crippen LogP contribution >= 0.6 is 0 Å². The Bertz CT molecular complexity index is 413. The molecule has 0 radical (unpaired) electrons. The van der Waals surface area contributed by atoms with Crippen LogP contribution in [0.25, 0.3) is 0 Å². The lowest BCUT2D eigenvalue weighted by atomic mass is 10.1. The molecule has 106 valence electrons. The molecule has 4 nitrogen and oxygen atoms in total. The lowest BCUT2D eigenvalue weighted by Crippen LogP contribution is -2.36. The number of amides is 1. The number of hydrogen-bond acceptors (Lipinski definition) is 3. The summed E-state index contributed by atoms with van der Waals surface area (Å²) in [4.78, 5) is 12.0. The second-order valence-corrected chi connectivity index (χ2v) is 5.26. The van der Waals surface area contributed by atoms with Crippen LogP contribution in [0.5, 0.6) is 0 Å². The van der Waals surface area contributed by atoms with Crippen molar-refractivity contribution in [2.45, 2.75) is 52.4 Å². The van der Waals surface area contributed by atoms with Gasteiger partial charge < -0.3 is 15.8 Å². The van der Waals surface area contributed by atoms with E-state index in [9.17, 15) is 4.79 Å². The maximum absolute atomic E-state index is 12.0. The Hall–Kier alpha value is -1.39. The van der Waals surface area contributed by atoms with Gasteiger partial charge in [-0.05, 0) is 44.9 Å². The molecule has 0 aliphatic rings. The lowest BCUT2D eigenvalue weighted by molar-refractivity contribution is -0.137. The first kappa shape index (κ1) is 15.7. The highest BCUT2D eigenvalue weighted by atomic mass is 16.5. The molecule has 4 heteroatoms. The largest absolute Gasteiger partial charge is 0.363 e. The molecule has 0 aliphatic carbocycles. The minimum Gasteiger partial charge on any atom is -0.363 e. The van der Waals surface area contributed by atoms with Crippen molar-refractivity contribution in [3.63, 3.8) is 0 Å². The van der Waals surface area contributed by atoms with Gasteiger partial charge in [0.05, 0.1) is 5.60 Å². The van der Waals surface area contributed by atoms with Crippen molar-refractivity contribution in [3.05, 3.63) is 29.8 Å². The van der Waals surface area contributed by atoms with Crippen molar-refractivity contribution in [1.29, 1.82) is 0 Å². The Morgan fingerprint density at radius 3 is 2.42 bits per heavy atom. The fraction of sp³-hybridized carbons (Fsp3) is 0.533. The molecule has 0 heterocycles. The number of anilines is 1. The standard InChI is InChI=1S/C15H24N2O2/c1-5-15(3,4)19-11(2)14(18)17-13-8-6-12(10-16)7-9-13/h6-9,11H,5,10,16H2,1-4H3,(H,17,18). The Balaban J connectivity index is 2.58. The van der Waals surface area contributed by atoms with E-state index in [1.54, 1.807) is 6.92 Å². The summed E-state index contributed by atoms with van der Waals surface area (Å²) in [7, 11) is 0. The Kier molecular flexibility index (Phi) is 5.51. The molecular formula is C15H24N2O2. The van der Waals surface area contributed by atoms with Gasteiger partial charge in [0.2, 0.25) is 0 Å². The van der Waals surface area contributed by atoms with Crippen LogP contribution in [0.2, 0.25) is 0 Å². The highest BCUT2D eigenvalue weighted by molar-refractivity contribution is 5.93. The van der Waals surface area contributed by atoms with Crippen LogP contribution in [0.1, 0.15) is 39.7 Å². The summed E-state index contributed by atoms with van der Waals surface area (Å²) in [6.45, 7) is 8.26. The van der Waals surface area contributed by atoms with E-state index >= 15 is 0 Å². The predicted molar refractivity (Wildman–Crippen MR) is 77.9 cm³/mol. The first-order chi connectivity index (χ1) is 8.88. The molecular weight excluding hydrogens is 240 g/mol. The SMILES string of the molecule is CCC(C)(C)OC(C)C(=O)Nc1ccc(CN)cc1. The third-order valence-corrected chi connectivity index (χ3v) is 3.17. The molecule has 1 aromatic carbocycles. The Morgan fingerprint density at radius 1 is 1.37 bits per heavy atom. The molecule has 1 rings (SSSR count). The van der Waals surface area contributed by atoms with E-state index in [2.05, 4.69) is 5.32 Å². The van der Waals surface area contributed by atoms with Crippen molar-refractivity contribution in [2.24, 2.45) is 5.73 Å². The zero-order valence-electron chi connectivity index (χ0n) is 12.2. The van der Waals surface area contributed by atoms with E-state index in [1.807, 2.05) is 45.0 Å². The first-order valence-corrected chi connectivity index (χ1v) is 6.65. The minimum atomic E-state index is -0.482. The zero-order chi connectivity index (χ0) is 14.5. The molecule has 0 saturated carbocycles. The molecule has 0 bridgehead atoms. The molecule has 1 aromatic rings. The van der Waals surface area contributed by atoms with Crippen molar-refractivity contribution >= 4 is 11.6 Å². The van der Waals surface area contributed by atoms with Crippen LogP contribution in [0.3, 0.4) is 0 Å². The van der Waals surface area contributed by atoms with E-state index in [1.165, 1.54) is 0 Å². The normalized spacial score (nSPS) is 13.1. The van der Waals surface area contributed by atoms with Gasteiger partial charge in [-0.3, -0.25) is 4.79 Å². The van der Waals surface area contributed by atoms with Crippen LogP contribution in [-0.2, 0) is 16.1 Å². The minimum absolute atomic E-state index is 0.137. The molecule has 1 amide bonds. The number of nitrogens with two attached hydrogens (primary N) is 1. The van der Waals surface area contributed by atoms with Gasteiger partial charge in [-0.25, -0.2) is 0 Å². The van der Waals surface area contributed by atoms with Gasteiger partial charge in [0.25, 0.3) is 5.91 Å². The summed E-state index contributed by atoms with van der Waals surface area (Å²) < 4.78 is 5.73. The summed E-state index contributed by atoms with van der Waals surface area (Å²) in [6, 6.07) is 7.49. The van der Waals surface area contributed by atoms with Gasteiger partial charge in [-0.1, -0.05) is 19.1 Å². The molecule has 0 fully saturated rings. The highest BCUT2D eigenvalue weighted by Crippen LogP contribution is 2.17. The second kappa shape index (κ2) is 6.68. The van der Waals surface area contributed by atoms with E-state index in [0.717, 1.165) is 17.7 Å². The third-order valence-electron chi connectivity index (χ3n) is 3.17. The average molecular weight is 264 g/mol. The number of rotatable bonds is 6. The first-order valence-electron chi connectivity index (χ1n) is 6.65. The number of carbonyl (C=O) groups excluding carboxylic acids is 1. The van der Waals surface area contributed by atoms with E-state index in [4.69, 9.17) is 10.5 Å². The van der Waals surface area contributed by atoms with Crippen LogP contribution in [0.15, 0.2) is 24.3 Å². The monoisotopic (exact) mass is 264 g/mol. The molecule has 0 spiro atoms. The summed E-state index contributed by atoms with van der Waals surface area (Å²) in [5.74, 6) is -0.137. The lowest BCUT2D eigenvalue weighted by Gasteiger charge is -2.27. The number of benzene rings is 1. The van der Waals surface area contributed by atoms with Crippen molar-refractivity contribution in [1.82, 2.24) is 0 Å². The van der Waals surface area contributed by atoms with E-state index < -0.39 is 6.10 Å². The maximum atomic E-state index is 12.0. The van der Waals surface area contributed by atoms with Crippen LogP contribution in [-0.4, -0.2) is 17.6 Å². The van der Waals surface area contributed by atoms with Gasteiger partial charge in [0, 0.05) is 12.2 Å². The third kappa shape index (κ3) is 5.01.